The van der Waals surface area contributed by atoms with E-state index in [1.807, 2.05) is 0 Å². The molecule has 0 spiro atoms. The first kappa shape index (κ1) is 13.9. The Bertz CT molecular complexity index is 681. The largest absolute Gasteiger partial charge is 0.433 e. The lowest BCUT2D eigenvalue weighted by molar-refractivity contribution is -0.402. The van der Waals surface area contributed by atoms with Crippen molar-refractivity contribution in [1.29, 1.82) is 0 Å². The molecule has 0 saturated heterocycles. The molecule has 2 aromatic rings. The van der Waals surface area contributed by atoms with Gasteiger partial charge in [-0.1, -0.05) is 12.1 Å². The van der Waals surface area contributed by atoms with E-state index in [1.54, 1.807) is 24.3 Å². The fourth-order valence-corrected chi connectivity index (χ4v) is 1.83. The van der Waals surface area contributed by atoms with E-state index in [0.29, 0.717) is 10.0 Å². The first-order valence-electron chi connectivity index (χ1n) is 5.40. The third-order valence-electron chi connectivity index (χ3n) is 2.27. The molecule has 0 bridgehead atoms. The van der Waals surface area contributed by atoms with Crippen LogP contribution < -0.4 is 5.43 Å². The lowest BCUT2D eigenvalue weighted by Gasteiger charge is -2.01. The van der Waals surface area contributed by atoms with E-state index in [0.717, 1.165) is 0 Å². The Morgan fingerprint density at radius 3 is 2.75 bits per heavy atom. The second-order valence-corrected chi connectivity index (χ2v) is 4.47. The number of carbonyl (C=O) groups is 1. The predicted molar refractivity (Wildman–Crippen MR) is 74.6 cm³/mol. The maximum absolute atomic E-state index is 11.8. The van der Waals surface area contributed by atoms with Crippen LogP contribution in [0.1, 0.15) is 16.1 Å². The molecule has 20 heavy (non-hydrogen) atoms. The highest BCUT2D eigenvalue weighted by Gasteiger charge is 2.11. The summed E-state index contributed by atoms with van der Waals surface area (Å²) in [4.78, 5) is 21.5. The van der Waals surface area contributed by atoms with Crippen molar-refractivity contribution < 1.29 is 14.1 Å². The molecule has 0 atom stereocenters. The highest BCUT2D eigenvalue weighted by Crippen LogP contribution is 2.16. The Morgan fingerprint density at radius 2 is 2.10 bits per heavy atom. The number of nitro groups is 1. The maximum Gasteiger partial charge on any atom is 0.433 e. The van der Waals surface area contributed by atoms with Gasteiger partial charge in [0, 0.05) is 4.47 Å². The fraction of sp³-hybridized carbons (Fsp3) is 0. The molecule has 8 heteroatoms. The van der Waals surface area contributed by atoms with Crippen LogP contribution in [0.4, 0.5) is 5.88 Å². The molecule has 0 unspecified atom stereocenters. The zero-order valence-corrected chi connectivity index (χ0v) is 11.5. The number of halogens is 1. The smallest absolute Gasteiger partial charge is 0.400 e. The third-order valence-corrected chi connectivity index (χ3v) is 2.96. The van der Waals surface area contributed by atoms with E-state index in [-0.39, 0.29) is 11.6 Å². The summed E-state index contributed by atoms with van der Waals surface area (Å²) in [6.07, 6.45) is 1.18. The molecule has 7 nitrogen and oxygen atoms in total. The Labute approximate surface area is 121 Å². The maximum atomic E-state index is 11.8. The Kier molecular flexibility index (Phi) is 4.26. The van der Waals surface area contributed by atoms with Gasteiger partial charge in [-0.15, -0.1) is 0 Å². The van der Waals surface area contributed by atoms with E-state index < -0.39 is 10.8 Å². The molecular formula is C12H8BrN3O4. The second kappa shape index (κ2) is 6.11. The topological polar surface area (TPSA) is 97.7 Å². The van der Waals surface area contributed by atoms with Crippen molar-refractivity contribution >= 4 is 33.9 Å². The van der Waals surface area contributed by atoms with Gasteiger partial charge in [0.05, 0.1) is 17.8 Å². The SMILES string of the molecule is O=C(N/N=C\c1ccc([N+](=O)[O-])o1)c1ccccc1Br. The summed E-state index contributed by atoms with van der Waals surface area (Å²) in [7, 11) is 0. The van der Waals surface area contributed by atoms with Gasteiger partial charge in [-0.2, -0.15) is 5.10 Å². The molecule has 102 valence electrons. The normalized spacial score (nSPS) is 10.7. The zero-order valence-electron chi connectivity index (χ0n) is 9.95. The average molecular weight is 338 g/mol. The molecule has 0 aliphatic carbocycles. The number of hydrazone groups is 1. The highest BCUT2D eigenvalue weighted by molar-refractivity contribution is 9.10. The van der Waals surface area contributed by atoms with Crippen LogP contribution in [0.15, 0.2) is 50.4 Å². The molecular weight excluding hydrogens is 330 g/mol. The summed E-state index contributed by atoms with van der Waals surface area (Å²) in [5, 5.41) is 14.1. The van der Waals surface area contributed by atoms with E-state index >= 15 is 0 Å². The van der Waals surface area contributed by atoms with E-state index in [4.69, 9.17) is 4.42 Å². The minimum absolute atomic E-state index is 0.170. The quantitative estimate of drug-likeness (QED) is 0.526. The van der Waals surface area contributed by atoms with Crippen LogP contribution in [0.25, 0.3) is 0 Å². The summed E-state index contributed by atoms with van der Waals surface area (Å²) in [6.45, 7) is 0. The summed E-state index contributed by atoms with van der Waals surface area (Å²) in [6, 6.07) is 9.45. The Hall–Kier alpha value is -2.48. The first-order chi connectivity index (χ1) is 9.58. The van der Waals surface area contributed by atoms with Gasteiger partial charge in [-0.25, -0.2) is 5.43 Å². The van der Waals surface area contributed by atoms with Gasteiger partial charge in [-0.3, -0.25) is 14.9 Å². The van der Waals surface area contributed by atoms with Crippen molar-refractivity contribution in [3.8, 4) is 0 Å². The van der Waals surface area contributed by atoms with Crippen molar-refractivity contribution in [3.05, 3.63) is 62.3 Å². The van der Waals surface area contributed by atoms with Gasteiger partial charge in [0.15, 0.2) is 5.76 Å². The second-order valence-electron chi connectivity index (χ2n) is 3.61. The Morgan fingerprint density at radius 1 is 1.35 bits per heavy atom. The van der Waals surface area contributed by atoms with Crippen LogP contribution in [-0.4, -0.2) is 17.0 Å². The zero-order chi connectivity index (χ0) is 14.5. The highest BCUT2D eigenvalue weighted by atomic mass is 79.9. The van der Waals surface area contributed by atoms with Crippen molar-refractivity contribution in [2.24, 2.45) is 5.10 Å². The molecule has 1 amide bonds. The molecule has 0 radical (unpaired) electrons. The summed E-state index contributed by atoms with van der Waals surface area (Å²) < 4.78 is 5.49. The summed E-state index contributed by atoms with van der Waals surface area (Å²) in [5.41, 5.74) is 2.72. The van der Waals surface area contributed by atoms with Crippen LogP contribution in [0.5, 0.6) is 0 Å². The third kappa shape index (κ3) is 3.29. The molecule has 0 fully saturated rings. The van der Waals surface area contributed by atoms with Crippen molar-refractivity contribution in [2.45, 2.75) is 0 Å². The van der Waals surface area contributed by atoms with Crippen LogP contribution in [0.3, 0.4) is 0 Å². The van der Waals surface area contributed by atoms with Gasteiger partial charge < -0.3 is 4.42 Å². The van der Waals surface area contributed by atoms with Crippen LogP contribution >= 0.6 is 15.9 Å². The molecule has 0 saturated carbocycles. The van der Waals surface area contributed by atoms with Gasteiger partial charge in [0.2, 0.25) is 0 Å². The van der Waals surface area contributed by atoms with Gasteiger partial charge in [0.1, 0.15) is 4.92 Å². The number of nitrogens with zero attached hydrogens (tertiary/aromatic N) is 2. The number of hydrogen-bond donors (Lipinski definition) is 1. The molecule has 1 heterocycles. The van der Waals surface area contributed by atoms with Crippen molar-refractivity contribution in [3.63, 3.8) is 0 Å². The molecule has 0 aliphatic rings. The number of nitrogens with one attached hydrogen (secondary N) is 1. The van der Waals surface area contributed by atoms with Crippen LogP contribution in [0, 0.1) is 10.1 Å². The molecule has 0 aliphatic heterocycles. The first-order valence-corrected chi connectivity index (χ1v) is 6.19. The minimum atomic E-state index is -0.656. The van der Waals surface area contributed by atoms with E-state index in [2.05, 4.69) is 26.5 Å². The number of rotatable bonds is 4. The molecule has 1 N–H and O–H groups in total. The number of amides is 1. The monoisotopic (exact) mass is 337 g/mol. The number of benzene rings is 1. The van der Waals surface area contributed by atoms with Gasteiger partial charge in [0.25, 0.3) is 5.91 Å². The predicted octanol–water partition coefficient (Wildman–Crippen LogP) is 2.71. The number of hydrogen-bond acceptors (Lipinski definition) is 5. The summed E-state index contributed by atoms with van der Waals surface area (Å²) >= 11 is 3.25. The van der Waals surface area contributed by atoms with E-state index in [9.17, 15) is 14.9 Å². The number of carbonyl (C=O) groups excluding carboxylic acids is 1. The molecule has 2 rings (SSSR count). The lowest BCUT2D eigenvalue weighted by atomic mass is 10.2. The summed E-state index contributed by atoms with van der Waals surface area (Å²) in [5.74, 6) is -0.623. The van der Waals surface area contributed by atoms with Gasteiger partial charge >= 0.3 is 5.88 Å². The van der Waals surface area contributed by atoms with Crippen LogP contribution in [-0.2, 0) is 0 Å². The number of furan rings is 1. The minimum Gasteiger partial charge on any atom is -0.400 e. The average Bonchev–Trinajstić information content (AvgIpc) is 2.88. The standard InChI is InChI=1S/C12H8BrN3O4/c13-10-4-2-1-3-9(10)12(17)15-14-7-8-5-6-11(20-8)16(18)19/h1-7H,(H,15,17)/b14-7-. The Balaban J connectivity index is 2.01. The van der Waals surface area contributed by atoms with Crippen LogP contribution in [0.2, 0.25) is 0 Å². The molecule has 1 aromatic carbocycles. The lowest BCUT2D eigenvalue weighted by Crippen LogP contribution is -2.17. The van der Waals surface area contributed by atoms with Gasteiger partial charge in [-0.05, 0) is 34.1 Å². The van der Waals surface area contributed by atoms with Crippen molar-refractivity contribution in [2.75, 3.05) is 0 Å². The van der Waals surface area contributed by atoms with Crippen molar-refractivity contribution in [1.82, 2.24) is 5.43 Å². The van der Waals surface area contributed by atoms with E-state index in [1.165, 1.54) is 18.3 Å². The fourth-order valence-electron chi connectivity index (χ4n) is 1.37. The molecule has 1 aromatic heterocycles.